The van der Waals surface area contributed by atoms with E-state index in [1.54, 1.807) is 0 Å². The Labute approximate surface area is 176 Å². The molecule has 3 heterocycles. The molecule has 1 N–H and O–H groups in total. The van der Waals surface area contributed by atoms with Gasteiger partial charge < -0.3 is 4.90 Å². The minimum Gasteiger partial charge on any atom is -0.311 e. The van der Waals surface area contributed by atoms with Gasteiger partial charge >= 0.3 is 0 Å². The number of H-pyrrole nitrogens is 1. The molecule has 1 aliphatic heterocycles. The van der Waals surface area contributed by atoms with Crippen molar-refractivity contribution in [2.24, 2.45) is 0 Å². The van der Waals surface area contributed by atoms with Crippen molar-refractivity contribution >= 4 is 29.0 Å². The van der Waals surface area contributed by atoms with E-state index < -0.39 is 0 Å². The Balaban J connectivity index is 1.44. The summed E-state index contributed by atoms with van der Waals surface area (Å²) in [5, 5.41) is 3.24. The van der Waals surface area contributed by atoms with E-state index in [1.165, 1.54) is 27.9 Å². The molecule has 0 spiro atoms. The molecular weight excluding hydrogens is 398 g/mol. The standard InChI is InChI=1S/C22H19N5O2S/c28-19-13-18-23-21(16-8-2-1-3-9-16)24-22(27(18)25-19)30-14-20(29)26-12-6-10-15-7-4-5-11-17(15)26/h1-5,7-9,11,13H,6,10,12,14H2,(H,25,28). The number of amides is 1. The molecule has 0 saturated carbocycles. The number of anilines is 1. The highest BCUT2D eigenvalue weighted by Crippen LogP contribution is 2.28. The highest BCUT2D eigenvalue weighted by molar-refractivity contribution is 7.99. The van der Waals surface area contributed by atoms with Gasteiger partial charge in [-0.15, -0.1) is 0 Å². The highest BCUT2D eigenvalue weighted by atomic mass is 32.2. The number of aryl methyl sites for hydroxylation is 1. The predicted molar refractivity (Wildman–Crippen MR) is 117 cm³/mol. The van der Waals surface area contributed by atoms with E-state index in [9.17, 15) is 9.59 Å². The third kappa shape index (κ3) is 3.50. The van der Waals surface area contributed by atoms with Crippen molar-refractivity contribution in [1.29, 1.82) is 0 Å². The van der Waals surface area contributed by atoms with Crippen LogP contribution < -0.4 is 10.5 Å². The molecule has 0 aliphatic carbocycles. The van der Waals surface area contributed by atoms with E-state index in [2.05, 4.69) is 21.1 Å². The monoisotopic (exact) mass is 417 g/mol. The molecule has 2 aromatic heterocycles. The van der Waals surface area contributed by atoms with Gasteiger partial charge in [0.2, 0.25) is 5.91 Å². The summed E-state index contributed by atoms with van der Waals surface area (Å²) >= 11 is 1.30. The maximum absolute atomic E-state index is 13.0. The van der Waals surface area contributed by atoms with Gasteiger partial charge in [0, 0.05) is 23.9 Å². The summed E-state index contributed by atoms with van der Waals surface area (Å²) in [7, 11) is 0. The van der Waals surface area contributed by atoms with Crippen molar-refractivity contribution in [3.05, 3.63) is 76.6 Å². The average molecular weight is 417 g/mol. The Morgan fingerprint density at radius 3 is 2.73 bits per heavy atom. The second-order valence-electron chi connectivity index (χ2n) is 7.08. The van der Waals surface area contributed by atoms with E-state index in [0.717, 1.165) is 24.1 Å². The molecule has 150 valence electrons. The third-order valence-electron chi connectivity index (χ3n) is 5.09. The first kappa shape index (κ1) is 18.6. The number of nitrogens with zero attached hydrogens (tertiary/aromatic N) is 4. The van der Waals surface area contributed by atoms with Crippen molar-refractivity contribution in [2.75, 3.05) is 17.2 Å². The maximum atomic E-state index is 13.0. The summed E-state index contributed by atoms with van der Waals surface area (Å²) in [6, 6.07) is 19.1. The lowest BCUT2D eigenvalue weighted by molar-refractivity contribution is -0.116. The normalized spacial score (nSPS) is 13.4. The Morgan fingerprint density at radius 1 is 1.07 bits per heavy atom. The number of thioether (sulfide) groups is 1. The van der Waals surface area contributed by atoms with Crippen LogP contribution in [0.1, 0.15) is 12.0 Å². The van der Waals surface area contributed by atoms with Gasteiger partial charge in [0.05, 0.1) is 5.75 Å². The van der Waals surface area contributed by atoms with Gasteiger partial charge in [0.15, 0.2) is 16.6 Å². The van der Waals surface area contributed by atoms with Crippen molar-refractivity contribution in [2.45, 2.75) is 18.0 Å². The molecule has 0 radical (unpaired) electrons. The maximum Gasteiger partial charge on any atom is 0.266 e. The number of rotatable bonds is 4. The number of carbonyl (C=O) groups is 1. The molecule has 0 unspecified atom stereocenters. The Kier molecular flexibility index (Phi) is 4.84. The van der Waals surface area contributed by atoms with E-state index in [0.29, 0.717) is 23.2 Å². The molecular formula is C22H19N5O2S. The van der Waals surface area contributed by atoms with E-state index in [4.69, 9.17) is 0 Å². The topological polar surface area (TPSA) is 83.4 Å². The first-order chi connectivity index (χ1) is 14.7. The van der Waals surface area contributed by atoms with Crippen LogP contribution in [0.2, 0.25) is 0 Å². The summed E-state index contributed by atoms with van der Waals surface area (Å²) in [5.41, 5.74) is 3.26. The van der Waals surface area contributed by atoms with E-state index in [1.807, 2.05) is 53.4 Å². The minimum atomic E-state index is -0.257. The molecule has 2 aromatic carbocycles. The molecule has 8 heteroatoms. The minimum absolute atomic E-state index is 0.0228. The highest BCUT2D eigenvalue weighted by Gasteiger charge is 2.23. The van der Waals surface area contributed by atoms with Crippen molar-refractivity contribution in [3.63, 3.8) is 0 Å². The number of aromatic amines is 1. The summed E-state index contributed by atoms with van der Waals surface area (Å²) in [5.74, 6) is 0.761. The van der Waals surface area contributed by atoms with Gasteiger partial charge in [-0.2, -0.15) is 0 Å². The lowest BCUT2D eigenvalue weighted by atomic mass is 10.0. The quantitative estimate of drug-likeness (QED) is 0.516. The number of fused-ring (bicyclic) bond motifs is 2. The second kappa shape index (κ2) is 7.79. The summed E-state index contributed by atoms with van der Waals surface area (Å²) < 4.78 is 1.54. The summed E-state index contributed by atoms with van der Waals surface area (Å²) in [4.78, 5) is 35.8. The van der Waals surface area contributed by atoms with Crippen LogP contribution >= 0.6 is 11.8 Å². The zero-order valence-corrected chi connectivity index (χ0v) is 16.9. The smallest absolute Gasteiger partial charge is 0.266 e. The number of nitrogens with one attached hydrogen (secondary N) is 1. The third-order valence-corrected chi connectivity index (χ3v) is 6.02. The number of para-hydroxylation sites is 1. The van der Waals surface area contributed by atoms with Crippen molar-refractivity contribution in [1.82, 2.24) is 19.6 Å². The average Bonchev–Trinajstić information content (AvgIpc) is 3.17. The number of hydrogen-bond acceptors (Lipinski definition) is 5. The molecule has 0 saturated heterocycles. The van der Waals surface area contributed by atoms with Gasteiger partial charge in [-0.3, -0.25) is 14.7 Å². The van der Waals surface area contributed by atoms with Gasteiger partial charge in [-0.05, 0) is 24.5 Å². The van der Waals surface area contributed by atoms with Crippen molar-refractivity contribution < 1.29 is 4.79 Å². The van der Waals surface area contributed by atoms with Crippen LogP contribution in [0.5, 0.6) is 0 Å². The van der Waals surface area contributed by atoms with E-state index >= 15 is 0 Å². The fourth-order valence-electron chi connectivity index (χ4n) is 3.69. The second-order valence-corrected chi connectivity index (χ2v) is 8.02. The van der Waals surface area contributed by atoms with Crippen LogP contribution in [0.15, 0.2) is 70.6 Å². The number of benzene rings is 2. The number of aromatic nitrogens is 4. The number of carbonyl (C=O) groups excluding carboxylic acids is 1. The molecule has 5 rings (SSSR count). The molecule has 1 amide bonds. The zero-order valence-electron chi connectivity index (χ0n) is 16.1. The SMILES string of the molecule is O=C(CSc1nc(-c2ccccc2)nc2cc(=O)[nH]n12)N1CCCc2ccccc21. The lowest BCUT2D eigenvalue weighted by Gasteiger charge is -2.29. The van der Waals surface area contributed by atoms with Crippen LogP contribution in [-0.2, 0) is 11.2 Å². The Bertz CT molecular complexity index is 1280. The van der Waals surface area contributed by atoms with Crippen LogP contribution in [0.4, 0.5) is 5.69 Å². The van der Waals surface area contributed by atoms with Gasteiger partial charge in [0.1, 0.15) is 0 Å². The zero-order chi connectivity index (χ0) is 20.5. The fraction of sp³-hybridized carbons (Fsp3) is 0.182. The van der Waals surface area contributed by atoms with Gasteiger partial charge in [-0.1, -0.05) is 60.3 Å². The first-order valence-electron chi connectivity index (χ1n) is 9.75. The lowest BCUT2D eigenvalue weighted by Crippen LogP contribution is -2.36. The summed E-state index contributed by atoms with van der Waals surface area (Å²) in [6.45, 7) is 0.714. The molecule has 30 heavy (non-hydrogen) atoms. The molecule has 1 aliphatic rings. The number of hydrogen-bond donors (Lipinski definition) is 1. The van der Waals surface area contributed by atoms with E-state index in [-0.39, 0.29) is 17.2 Å². The molecule has 4 aromatic rings. The summed E-state index contributed by atoms with van der Waals surface area (Å²) in [6.07, 6.45) is 1.94. The molecule has 7 nitrogen and oxygen atoms in total. The van der Waals surface area contributed by atoms with Crippen LogP contribution in [0, 0.1) is 0 Å². The Hall–Kier alpha value is -3.39. The van der Waals surface area contributed by atoms with Crippen LogP contribution in [-0.4, -0.2) is 37.8 Å². The Morgan fingerprint density at radius 2 is 1.87 bits per heavy atom. The van der Waals surface area contributed by atoms with Crippen LogP contribution in [0.3, 0.4) is 0 Å². The van der Waals surface area contributed by atoms with Gasteiger partial charge in [-0.25, -0.2) is 14.5 Å². The molecule has 0 fully saturated rings. The largest absolute Gasteiger partial charge is 0.311 e. The van der Waals surface area contributed by atoms with Gasteiger partial charge in [0.25, 0.3) is 5.56 Å². The molecule has 0 bridgehead atoms. The van der Waals surface area contributed by atoms with Crippen LogP contribution in [0.25, 0.3) is 17.0 Å². The molecule has 0 atom stereocenters. The van der Waals surface area contributed by atoms with Crippen molar-refractivity contribution in [3.8, 4) is 11.4 Å². The first-order valence-corrected chi connectivity index (χ1v) is 10.7. The predicted octanol–water partition coefficient (Wildman–Crippen LogP) is 3.16. The fourth-order valence-corrected chi connectivity index (χ4v) is 4.52.